The van der Waals surface area contributed by atoms with Crippen LogP contribution in [0.3, 0.4) is 0 Å². The Balaban J connectivity index is 2.85. The van der Waals surface area contributed by atoms with Crippen LogP contribution in [0.1, 0.15) is 6.42 Å². The molecule has 2 nitrogen and oxygen atoms in total. The lowest BCUT2D eigenvalue weighted by Crippen LogP contribution is -2.13. The molecule has 0 aromatic heterocycles. The van der Waals surface area contributed by atoms with E-state index >= 15 is 0 Å². The van der Waals surface area contributed by atoms with Crippen LogP contribution in [0.25, 0.3) is 4.25 Å². The molecule has 0 saturated heterocycles. The van der Waals surface area contributed by atoms with Crippen LogP contribution in [0.5, 0.6) is 0 Å². The molecule has 0 fully saturated rings. The second kappa shape index (κ2) is 5.93. The summed E-state index contributed by atoms with van der Waals surface area (Å²) in [7, 11) is 4.09. The highest BCUT2D eigenvalue weighted by Gasteiger charge is 1.92. The van der Waals surface area contributed by atoms with Crippen LogP contribution in [0, 0.1) is 6.57 Å². The Morgan fingerprint density at radius 1 is 1.56 bits per heavy atom. The molecule has 0 unspecified atom stereocenters. The van der Waals surface area contributed by atoms with E-state index in [0.717, 1.165) is 18.7 Å². The fraction of sp³-hybridized carbons (Fsp3) is 0.833. The van der Waals surface area contributed by atoms with Crippen molar-refractivity contribution in [2.45, 2.75) is 6.42 Å². The minimum atomic E-state index is 0.960. The summed E-state index contributed by atoms with van der Waals surface area (Å²) in [6, 6.07) is 0. The van der Waals surface area contributed by atoms with Gasteiger partial charge in [-0.25, -0.2) is 10.8 Å². The van der Waals surface area contributed by atoms with Gasteiger partial charge in [-0.1, -0.05) is 0 Å². The highest BCUT2D eigenvalue weighted by molar-refractivity contribution is 8.01. The maximum Gasteiger partial charge on any atom is 0.256 e. The molecule has 0 aliphatic carbocycles. The monoisotopic (exact) mass is 144 g/mol. The molecule has 0 spiro atoms. The molecule has 52 valence electrons. The van der Waals surface area contributed by atoms with Gasteiger partial charge in [0.05, 0.1) is 5.75 Å². The summed E-state index contributed by atoms with van der Waals surface area (Å²) in [6.45, 7) is 7.55. The highest BCUT2D eigenvalue weighted by Crippen LogP contribution is 2.02. The van der Waals surface area contributed by atoms with Crippen LogP contribution < -0.4 is 0 Å². The second-order valence-corrected chi connectivity index (χ2v) is 2.93. The summed E-state index contributed by atoms with van der Waals surface area (Å²) in [5.41, 5.74) is 0. The van der Waals surface area contributed by atoms with Gasteiger partial charge in [0.1, 0.15) is 0 Å². The first-order valence-electron chi connectivity index (χ1n) is 2.91. The van der Waals surface area contributed by atoms with Gasteiger partial charge in [-0.15, -0.1) is 0 Å². The lowest BCUT2D eigenvalue weighted by molar-refractivity contribution is 0.410. The predicted molar refractivity (Wildman–Crippen MR) is 42.2 cm³/mol. The Kier molecular flexibility index (Phi) is 5.80. The quantitative estimate of drug-likeness (QED) is 0.335. The Bertz CT molecular complexity index is 95.7. The van der Waals surface area contributed by atoms with E-state index in [-0.39, 0.29) is 0 Å². The number of hydrogen-bond acceptors (Lipinski definition) is 2. The van der Waals surface area contributed by atoms with Crippen molar-refractivity contribution in [3.05, 3.63) is 10.8 Å². The van der Waals surface area contributed by atoms with Crippen LogP contribution in [0.2, 0.25) is 0 Å². The van der Waals surface area contributed by atoms with Gasteiger partial charge in [-0.3, -0.25) is 0 Å². The van der Waals surface area contributed by atoms with E-state index in [0.29, 0.717) is 0 Å². The van der Waals surface area contributed by atoms with Crippen LogP contribution >= 0.6 is 11.9 Å². The van der Waals surface area contributed by atoms with E-state index in [2.05, 4.69) is 9.15 Å². The standard InChI is InChI=1S/C6H12N2S/c1-7-9-6-4-5-8(2)3/h4-6H2,2-3H3. The topological polar surface area (TPSA) is 7.60 Å². The molecule has 0 atom stereocenters. The fourth-order valence-electron chi connectivity index (χ4n) is 0.491. The largest absolute Gasteiger partial charge is 0.309 e. The first kappa shape index (κ1) is 8.80. The second-order valence-electron chi connectivity index (χ2n) is 2.08. The Hall–Kier alpha value is -0.200. The third-order valence-corrected chi connectivity index (χ3v) is 1.51. The first-order chi connectivity index (χ1) is 4.27. The highest BCUT2D eigenvalue weighted by atomic mass is 32.2. The molecule has 0 amide bonds. The van der Waals surface area contributed by atoms with Crippen molar-refractivity contribution in [3.8, 4) is 0 Å². The molecule has 0 aromatic carbocycles. The smallest absolute Gasteiger partial charge is 0.256 e. The summed E-state index contributed by atoms with van der Waals surface area (Å²) >= 11 is 1.32. The lowest BCUT2D eigenvalue weighted by atomic mass is 10.5. The minimum Gasteiger partial charge on any atom is -0.309 e. The van der Waals surface area contributed by atoms with Gasteiger partial charge in [-0.05, 0) is 27.1 Å². The van der Waals surface area contributed by atoms with E-state index < -0.39 is 0 Å². The van der Waals surface area contributed by atoms with Gasteiger partial charge in [0.25, 0.3) is 11.9 Å². The average molecular weight is 144 g/mol. The van der Waals surface area contributed by atoms with Crippen molar-refractivity contribution in [2.24, 2.45) is 0 Å². The van der Waals surface area contributed by atoms with Crippen LogP contribution in [-0.4, -0.2) is 31.3 Å². The maximum absolute atomic E-state index is 6.46. The molecular weight excluding hydrogens is 132 g/mol. The number of rotatable bonds is 4. The molecule has 9 heavy (non-hydrogen) atoms. The summed E-state index contributed by atoms with van der Waals surface area (Å²) < 4.78 is 3.18. The Morgan fingerprint density at radius 3 is 2.67 bits per heavy atom. The summed E-state index contributed by atoms with van der Waals surface area (Å²) in [4.78, 5) is 2.13. The Labute approximate surface area is 61.2 Å². The molecule has 0 saturated carbocycles. The van der Waals surface area contributed by atoms with Crippen LogP contribution in [0.4, 0.5) is 0 Å². The zero-order valence-electron chi connectivity index (χ0n) is 5.92. The van der Waals surface area contributed by atoms with Crippen molar-refractivity contribution < 1.29 is 0 Å². The number of hydrogen-bond donors (Lipinski definition) is 0. The molecule has 0 N–H and O–H groups in total. The zero-order valence-corrected chi connectivity index (χ0v) is 6.74. The van der Waals surface area contributed by atoms with E-state index in [1.54, 1.807) is 0 Å². The average Bonchev–Trinajstić information content (AvgIpc) is 1.80. The van der Waals surface area contributed by atoms with Gasteiger partial charge in [-0.2, -0.15) is 0 Å². The van der Waals surface area contributed by atoms with E-state index in [4.69, 9.17) is 6.57 Å². The van der Waals surface area contributed by atoms with Gasteiger partial charge in [0.15, 0.2) is 0 Å². The molecular formula is C6H12N2S. The normalized spacial score (nSPS) is 9.56. The SMILES string of the molecule is [C-]#[N+]SCCCN(C)C. The summed E-state index contributed by atoms with van der Waals surface area (Å²) in [6.07, 6.45) is 1.11. The molecule has 3 heteroatoms. The van der Waals surface area contributed by atoms with Crippen molar-refractivity contribution in [1.29, 1.82) is 0 Å². The van der Waals surface area contributed by atoms with Crippen molar-refractivity contribution in [2.75, 3.05) is 26.4 Å². The maximum atomic E-state index is 6.46. The Morgan fingerprint density at radius 2 is 2.22 bits per heavy atom. The van der Waals surface area contributed by atoms with Gasteiger partial charge in [0.2, 0.25) is 0 Å². The molecule has 0 bridgehead atoms. The fourth-order valence-corrected chi connectivity index (χ4v) is 0.840. The lowest BCUT2D eigenvalue weighted by Gasteiger charge is -2.05. The van der Waals surface area contributed by atoms with Crippen LogP contribution in [-0.2, 0) is 0 Å². The molecule has 0 aliphatic heterocycles. The predicted octanol–water partition coefficient (Wildman–Crippen LogP) is 1.51. The zero-order chi connectivity index (χ0) is 7.11. The molecule has 0 rings (SSSR count). The summed E-state index contributed by atoms with van der Waals surface area (Å²) in [5, 5.41) is 0. The molecule has 0 radical (unpaired) electrons. The van der Waals surface area contributed by atoms with Gasteiger partial charge >= 0.3 is 0 Å². The first-order valence-corrected chi connectivity index (χ1v) is 3.85. The van der Waals surface area contributed by atoms with Crippen molar-refractivity contribution in [3.63, 3.8) is 0 Å². The van der Waals surface area contributed by atoms with Gasteiger partial charge < -0.3 is 4.90 Å². The summed E-state index contributed by atoms with van der Waals surface area (Å²) in [5.74, 6) is 0.960. The third kappa shape index (κ3) is 7.80. The van der Waals surface area contributed by atoms with Crippen molar-refractivity contribution in [1.82, 2.24) is 4.90 Å². The minimum absolute atomic E-state index is 0.960. The third-order valence-electron chi connectivity index (χ3n) is 0.906. The van der Waals surface area contributed by atoms with Gasteiger partial charge in [0, 0.05) is 0 Å². The van der Waals surface area contributed by atoms with Crippen LogP contribution in [0.15, 0.2) is 0 Å². The number of nitrogens with zero attached hydrogens (tertiary/aromatic N) is 2. The molecule has 0 aliphatic rings. The van der Waals surface area contributed by atoms with E-state index in [1.165, 1.54) is 11.9 Å². The van der Waals surface area contributed by atoms with Crippen molar-refractivity contribution >= 4 is 11.9 Å². The molecule has 0 heterocycles. The van der Waals surface area contributed by atoms with E-state index in [9.17, 15) is 0 Å². The van der Waals surface area contributed by atoms with E-state index in [1.807, 2.05) is 14.1 Å². The molecule has 0 aromatic rings.